The van der Waals surface area contributed by atoms with E-state index in [4.69, 9.17) is 11.5 Å². The monoisotopic (exact) mass is 2130 g/mol. The van der Waals surface area contributed by atoms with Gasteiger partial charge in [-0.25, -0.2) is 0 Å². The van der Waals surface area contributed by atoms with Crippen LogP contribution >= 0.6 is 21.6 Å². The van der Waals surface area contributed by atoms with Gasteiger partial charge in [0.05, 0.1) is 45.1 Å². The molecule has 0 spiro atoms. The predicted molar refractivity (Wildman–Crippen MR) is 540 cm³/mol. The van der Waals surface area contributed by atoms with Crippen molar-refractivity contribution in [1.29, 1.82) is 0 Å². The number of aromatic amines is 3. The Hall–Kier alpha value is -14.9. The number of hydrogen-bond acceptors (Lipinski definition) is 29. The Morgan fingerprint density at radius 2 is 0.893 bits per heavy atom. The molecule has 0 radical (unpaired) electrons. The van der Waals surface area contributed by atoms with E-state index in [1.807, 2.05) is 0 Å². The molecule has 0 bridgehead atoms. The molecule has 52 nitrogen and oxygen atoms in total. The number of H-pyrrole nitrogens is 3. The molecule has 3 aromatic carbocycles. The summed E-state index contributed by atoms with van der Waals surface area (Å²) < 4.78 is 0. The van der Waals surface area contributed by atoms with Crippen LogP contribution in [-0.2, 0) is 125 Å². The number of para-hydroxylation sites is 3. The molecule has 16 amide bonds. The number of carbonyl (C=O) groups excluding carboxylic acids is 16. The minimum Gasteiger partial charge on any atom is -0.481 e. The molecule has 0 unspecified atom stereocenters. The molecule has 6 heterocycles. The highest BCUT2D eigenvalue weighted by Gasteiger charge is 2.44. The van der Waals surface area contributed by atoms with Crippen molar-refractivity contribution in [3.8, 4) is 0 Å². The van der Waals surface area contributed by atoms with Crippen LogP contribution in [0.25, 0.3) is 32.7 Å². The number of aromatic nitrogens is 3. The Kier molecular flexibility index (Phi) is 46.0. The SMILES string of the molecule is CC[C@H](C)[C@H](NC(=O)[C@@H](NC(=O)[C@H](Cc1c[nH]c2ccccc12)NC(C)=O)[C@@H](C)O)C(=O)N[C@H]1CSSC[C@@H](C(=O)N[C@@H](Cc2c[nH]c3ccccc23)C(=O)N2CCC[C@H]2C(=O)N[C@H](CCCCNC(=O)CN2CCN(CC(=O)O)CCN(CC(=O)O)CCN(CC(=O)O)CC2)C(N)=O)NC(=O)[C@H](CC(=O)O)NC(=O)[C@H](CCC(=O)O)NC(=O)[C@H](Cc2c[nH]c3ccccc23)NC(=O)[C@H](CCC(=O)O)NC(=O)[C@H](CC(N)=O)NC1=O. The molecule has 150 heavy (non-hydrogen) atoms. The van der Waals surface area contributed by atoms with Gasteiger partial charge < -0.3 is 136 Å². The molecular formula is C96H131N23O29S2. The van der Waals surface area contributed by atoms with E-state index in [0.717, 1.165) is 18.7 Å². The highest BCUT2D eigenvalue weighted by molar-refractivity contribution is 8.76. The number of amides is 16. The first-order valence-corrected chi connectivity index (χ1v) is 51.3. The van der Waals surface area contributed by atoms with E-state index in [-0.39, 0.29) is 123 Å². The van der Waals surface area contributed by atoms with E-state index >= 15 is 28.8 Å². The number of carbonyl (C=O) groups is 22. The second-order valence-electron chi connectivity index (χ2n) is 37.0. The zero-order valence-corrected chi connectivity index (χ0v) is 84.7. The third-order valence-electron chi connectivity index (χ3n) is 25.6. The third kappa shape index (κ3) is 37.1. The van der Waals surface area contributed by atoms with Gasteiger partial charge in [0.1, 0.15) is 78.5 Å². The zero-order chi connectivity index (χ0) is 110. The fourth-order valence-corrected chi connectivity index (χ4v) is 19.8. The molecule has 3 aliphatic rings. The van der Waals surface area contributed by atoms with Gasteiger partial charge in [-0.05, 0) is 92.7 Å². The number of aliphatic hydroxyl groups is 1. The normalized spacial score (nSPS) is 20.7. The fourth-order valence-electron chi connectivity index (χ4n) is 17.5. The number of nitrogens with one attached hydrogen (secondary N) is 16. The Morgan fingerprint density at radius 1 is 0.453 bits per heavy atom. The minimum atomic E-state index is -2.30. The van der Waals surface area contributed by atoms with Crippen molar-refractivity contribution in [3.63, 3.8) is 0 Å². The molecule has 0 saturated carbocycles. The van der Waals surface area contributed by atoms with Crippen molar-refractivity contribution < 1.29 is 141 Å². The second-order valence-corrected chi connectivity index (χ2v) is 39.6. The van der Waals surface area contributed by atoms with Crippen LogP contribution in [0.1, 0.15) is 121 Å². The first kappa shape index (κ1) is 119. The van der Waals surface area contributed by atoms with Gasteiger partial charge in [0, 0.05) is 167 Å². The van der Waals surface area contributed by atoms with Gasteiger partial charge >= 0.3 is 35.8 Å². The number of likely N-dealkylation sites (tertiary alicyclic amines) is 1. The fraction of sp³-hybridized carbons (Fsp3) is 0.521. The van der Waals surface area contributed by atoms with Crippen molar-refractivity contribution >= 4 is 185 Å². The van der Waals surface area contributed by atoms with Gasteiger partial charge in [-0.2, -0.15) is 0 Å². The molecule has 3 fully saturated rings. The molecule has 3 saturated heterocycles. The third-order valence-corrected chi connectivity index (χ3v) is 28.1. The number of nitrogens with two attached hydrogens (primary N) is 2. The lowest BCUT2D eigenvalue weighted by Gasteiger charge is -2.32. The predicted octanol–water partition coefficient (Wildman–Crippen LogP) is -4.86. The van der Waals surface area contributed by atoms with Crippen molar-refractivity contribution in [1.82, 2.24) is 109 Å². The maximum atomic E-state index is 15.8. The number of unbranched alkanes of at least 4 members (excludes halogenated alkanes) is 1. The van der Waals surface area contributed by atoms with Crippen molar-refractivity contribution in [3.05, 3.63) is 108 Å². The average Bonchev–Trinajstić information content (AvgIpc) is 1.66. The number of rotatable bonds is 45. The van der Waals surface area contributed by atoms with Crippen molar-refractivity contribution in [2.45, 2.75) is 209 Å². The van der Waals surface area contributed by atoms with Gasteiger partial charge in [-0.1, -0.05) is 96.5 Å². The number of aliphatic hydroxyl groups excluding tert-OH is 1. The summed E-state index contributed by atoms with van der Waals surface area (Å²) in [7, 11) is 1.24. The van der Waals surface area contributed by atoms with Gasteiger partial charge in [0.25, 0.3) is 0 Å². The summed E-state index contributed by atoms with van der Waals surface area (Å²) in [5, 5.41) is 105. The Labute approximate surface area is 867 Å². The average molecular weight is 2140 g/mol. The van der Waals surface area contributed by atoms with E-state index in [0.29, 0.717) is 71.0 Å². The van der Waals surface area contributed by atoms with E-state index in [1.165, 1.54) is 19.3 Å². The van der Waals surface area contributed by atoms with Gasteiger partial charge in [-0.15, -0.1) is 0 Å². The molecule has 3 aliphatic heterocycles. The topological polar surface area (TPSA) is 789 Å². The standard InChI is InChI=1S/C96H131N23O29S2/c1-5-51(2)82(113-95(147)83(52(3)120)114-90(142)66(103-53(4)121)37-54-42-100-60-18-9-6-15-57(54)60)94(146)112-72-50-150-149-49-71(111-89(141)69(41-78(128)129)109-86(138)65(24-26-77(126)127)105-87(139)67(38-55-43-101-61-19-10-7-16-58(55)61)107-85(137)64(23-25-76(124)125)106-88(140)68(40-74(97)122)108-91(72)143)92(144)110-70(39-56-44-102-62-20-11-8-17-59(56)62)96(148)119-28-14-22-73(119)93(145)104-63(84(98)136)21-12-13-27-99-75(123)45-115-29-31-116(46-79(130)131)33-35-118(48-81(134)135)36-34-117(32-30-115)47-80(132)133/h6-11,15-20,42-44,51-52,63-73,82-83,100-102,120H,5,12-14,21-41,45-50H2,1-4H3,(H2,97,122)(H2,98,136)(H,99,123)(H,103,121)(H,104,145)(H,105,139)(H,106,140)(H,107,137)(H,108,143)(H,109,138)(H,110,144)(H,111,141)(H,112,146)(H,113,147)(H,114,142)(H,124,125)(H,126,127)(H,128,129)(H,130,131)(H,132,133)(H,134,135)/t51-,52+,63+,64-,65-,66-,67-,68-,69-,70-,71-,72-,73-,82-,83-/m0/s1. The van der Waals surface area contributed by atoms with Gasteiger partial charge in [0.2, 0.25) is 94.5 Å². The number of nitrogens with zero attached hydrogens (tertiary/aromatic N) is 5. The van der Waals surface area contributed by atoms with Crippen LogP contribution in [0.5, 0.6) is 0 Å². The summed E-state index contributed by atoms with van der Waals surface area (Å²) in [6, 6.07) is -3.73. The summed E-state index contributed by atoms with van der Waals surface area (Å²) >= 11 is 0. The Balaban J connectivity index is 1.03. The van der Waals surface area contributed by atoms with Crippen LogP contribution in [0.3, 0.4) is 0 Å². The van der Waals surface area contributed by atoms with E-state index in [2.05, 4.69) is 84.1 Å². The first-order chi connectivity index (χ1) is 71.3. The summed E-state index contributed by atoms with van der Waals surface area (Å²) in [4.78, 5) is 324. The van der Waals surface area contributed by atoms with E-state index in [9.17, 15) is 112 Å². The first-order valence-electron chi connectivity index (χ1n) is 48.9. The Morgan fingerprint density at radius 3 is 1.38 bits per heavy atom. The lowest BCUT2D eigenvalue weighted by Crippen LogP contribution is -2.63. The van der Waals surface area contributed by atoms with Crippen LogP contribution in [0.4, 0.5) is 0 Å². The van der Waals surface area contributed by atoms with E-state index < -0.39 is 297 Å². The maximum absolute atomic E-state index is 15.8. The molecular weight excluding hydrogens is 2000 g/mol. The highest BCUT2D eigenvalue weighted by Crippen LogP contribution is 2.29. The van der Waals surface area contributed by atoms with Crippen LogP contribution in [0.2, 0.25) is 0 Å². The molecule has 54 heteroatoms. The molecule has 3 aromatic heterocycles. The molecule has 6 aromatic rings. The molecule has 816 valence electrons. The second kappa shape index (κ2) is 58.2. The maximum Gasteiger partial charge on any atom is 0.317 e. The summed E-state index contributed by atoms with van der Waals surface area (Å²) in [5.74, 6) is -28.8. The van der Waals surface area contributed by atoms with Crippen LogP contribution in [-0.4, -0.2) is 393 Å². The summed E-state index contributed by atoms with van der Waals surface area (Å²) in [6.45, 7) is 5.03. The highest BCUT2D eigenvalue weighted by atomic mass is 33.1. The number of carboxylic acids is 6. The van der Waals surface area contributed by atoms with E-state index in [1.54, 1.807) is 106 Å². The quantitative estimate of drug-likeness (QED) is 0.0126. The van der Waals surface area contributed by atoms with Crippen LogP contribution in [0, 0.1) is 5.92 Å². The van der Waals surface area contributed by atoms with Crippen LogP contribution in [0.15, 0.2) is 91.4 Å². The summed E-state index contributed by atoms with van der Waals surface area (Å²) in [6.07, 6.45) is -3.69. The van der Waals surface area contributed by atoms with Gasteiger partial charge in [0.15, 0.2) is 0 Å². The zero-order valence-electron chi connectivity index (χ0n) is 83.1. The molecule has 0 aliphatic carbocycles. The Bertz CT molecular complexity index is 5830. The van der Waals surface area contributed by atoms with Crippen molar-refractivity contribution in [2.75, 3.05) is 103 Å². The summed E-state index contributed by atoms with van der Waals surface area (Å²) in [5.41, 5.74) is 14.6. The number of primary amides is 2. The van der Waals surface area contributed by atoms with Crippen LogP contribution < -0.4 is 80.6 Å². The molecule has 15 atom stereocenters. The lowest BCUT2D eigenvalue weighted by molar-refractivity contribution is -0.143. The number of hydrogen-bond donors (Lipinski definition) is 25. The number of benzene rings is 3. The molecule has 9 rings (SSSR count). The number of aliphatic carboxylic acids is 6. The largest absolute Gasteiger partial charge is 0.481 e. The molecule has 27 N–H and O–H groups in total. The lowest BCUT2D eigenvalue weighted by atomic mass is 9.97. The van der Waals surface area contributed by atoms with Gasteiger partial charge in [-0.3, -0.25) is 125 Å². The smallest absolute Gasteiger partial charge is 0.317 e. The number of carboxylic acid groups (broad SMARTS) is 6. The van der Waals surface area contributed by atoms with Crippen molar-refractivity contribution in [2.24, 2.45) is 17.4 Å². The number of fused-ring (bicyclic) bond motifs is 3. The minimum absolute atomic E-state index is 0.0294.